The predicted molar refractivity (Wildman–Crippen MR) is 88.7 cm³/mol. The molecule has 0 amide bonds. The normalized spacial score (nSPS) is 26.0. The van der Waals surface area contributed by atoms with Gasteiger partial charge < -0.3 is 0 Å². The Morgan fingerprint density at radius 3 is 1.56 bits per heavy atom. The van der Waals surface area contributed by atoms with Crippen LogP contribution in [0.1, 0.15) is 28.2 Å². The largest absolute Gasteiger partial charge is 0.203 e. The molecule has 0 aromatic heterocycles. The number of nitrogens with zero attached hydrogens (tertiary/aromatic N) is 4. The number of fused-ring (bicyclic) bond motifs is 1. The van der Waals surface area contributed by atoms with Gasteiger partial charge in [0.1, 0.15) is 4.87 Å². The summed E-state index contributed by atoms with van der Waals surface area (Å²) < 4.78 is 0. The topological polar surface area (TPSA) is 95.2 Å². The number of benzene rings is 2. The van der Waals surface area contributed by atoms with E-state index in [1.807, 2.05) is 48.5 Å². The Labute approximate surface area is 149 Å². The summed E-state index contributed by atoms with van der Waals surface area (Å²) in [6, 6.07) is 22.3. The van der Waals surface area contributed by atoms with Crippen LogP contribution in [0.25, 0.3) is 0 Å². The molecule has 25 heavy (non-hydrogen) atoms. The van der Waals surface area contributed by atoms with Gasteiger partial charge in [0.05, 0.1) is 24.3 Å². The molecule has 3 aliphatic carbocycles. The molecule has 2 aromatic rings. The fraction of sp³-hybridized carbons (Fsp3) is 0.200. The first-order valence-electron chi connectivity index (χ1n) is 7.60. The first-order chi connectivity index (χ1) is 12.1. The maximum atomic E-state index is 10.0. The molecular formula is C20H9ClN4. The van der Waals surface area contributed by atoms with Gasteiger partial charge in [-0.15, -0.1) is 11.6 Å². The molecule has 0 N–H and O–H groups in total. The summed E-state index contributed by atoms with van der Waals surface area (Å²) in [7, 11) is 0. The van der Waals surface area contributed by atoms with E-state index in [1.165, 1.54) is 0 Å². The molecule has 4 nitrogen and oxygen atoms in total. The van der Waals surface area contributed by atoms with Crippen molar-refractivity contribution in [3.63, 3.8) is 0 Å². The van der Waals surface area contributed by atoms with Crippen molar-refractivity contribution < 1.29 is 0 Å². The average molecular weight is 341 g/mol. The molecule has 0 saturated carbocycles. The lowest BCUT2D eigenvalue weighted by atomic mass is 9.41. The monoisotopic (exact) mass is 340 g/mol. The quantitative estimate of drug-likeness (QED) is 0.683. The van der Waals surface area contributed by atoms with E-state index in [2.05, 4.69) is 0 Å². The van der Waals surface area contributed by atoms with Gasteiger partial charge in [-0.25, -0.2) is 0 Å². The number of hydrogen-bond acceptors (Lipinski definition) is 4. The minimum atomic E-state index is -2.03. The second-order valence-corrected chi connectivity index (χ2v) is 6.84. The highest BCUT2D eigenvalue weighted by atomic mass is 35.5. The minimum absolute atomic E-state index is 0.615. The van der Waals surface area contributed by atoms with Crippen LogP contribution < -0.4 is 0 Å². The van der Waals surface area contributed by atoms with Gasteiger partial charge in [-0.2, -0.15) is 21.0 Å². The SMILES string of the molecule is N#CC1(C#N)C2c3ccccc3C(Cl)(c3ccccc32)C1(C#N)C#N. The van der Waals surface area contributed by atoms with E-state index < -0.39 is 21.6 Å². The summed E-state index contributed by atoms with van der Waals surface area (Å²) >= 11 is 7.08. The van der Waals surface area contributed by atoms with Crippen molar-refractivity contribution in [2.24, 2.45) is 10.8 Å². The molecule has 0 fully saturated rings. The number of halogens is 1. The lowest BCUT2D eigenvalue weighted by Crippen LogP contribution is -2.61. The Hall–Kier alpha value is -3.31. The molecule has 0 radical (unpaired) electrons. The molecule has 0 heterocycles. The maximum absolute atomic E-state index is 10.0. The third kappa shape index (κ3) is 1.30. The van der Waals surface area contributed by atoms with Gasteiger partial charge in [-0.3, -0.25) is 0 Å². The molecule has 3 aliphatic rings. The summed E-state index contributed by atoms with van der Waals surface area (Å²) in [6.45, 7) is 0. The van der Waals surface area contributed by atoms with E-state index in [0.29, 0.717) is 11.1 Å². The van der Waals surface area contributed by atoms with Crippen molar-refractivity contribution in [3.8, 4) is 24.3 Å². The van der Waals surface area contributed by atoms with Gasteiger partial charge in [0.2, 0.25) is 5.41 Å². The van der Waals surface area contributed by atoms with Crippen LogP contribution in [0.2, 0.25) is 0 Å². The highest BCUT2D eigenvalue weighted by molar-refractivity contribution is 6.28. The molecule has 0 aliphatic heterocycles. The van der Waals surface area contributed by atoms with Crippen molar-refractivity contribution in [1.82, 2.24) is 0 Å². The zero-order chi connectivity index (χ0) is 17.9. The van der Waals surface area contributed by atoms with E-state index in [9.17, 15) is 21.0 Å². The van der Waals surface area contributed by atoms with Crippen LogP contribution in [0.15, 0.2) is 48.5 Å². The van der Waals surface area contributed by atoms with E-state index in [0.717, 1.165) is 11.1 Å². The van der Waals surface area contributed by atoms with Crippen LogP contribution in [0.3, 0.4) is 0 Å². The zero-order valence-corrected chi connectivity index (χ0v) is 13.6. The third-order valence-electron chi connectivity index (χ3n) is 5.52. The summed E-state index contributed by atoms with van der Waals surface area (Å²) in [5.74, 6) is -0.713. The summed E-state index contributed by atoms with van der Waals surface area (Å²) in [5.41, 5.74) is -1.26. The summed E-state index contributed by atoms with van der Waals surface area (Å²) in [6.07, 6.45) is 0. The minimum Gasteiger partial charge on any atom is -0.196 e. The van der Waals surface area contributed by atoms with Crippen LogP contribution in [0.5, 0.6) is 0 Å². The first-order valence-corrected chi connectivity index (χ1v) is 7.98. The van der Waals surface area contributed by atoms with Gasteiger partial charge in [0.25, 0.3) is 0 Å². The van der Waals surface area contributed by atoms with Crippen LogP contribution >= 0.6 is 11.6 Å². The van der Waals surface area contributed by atoms with Crippen LogP contribution in [-0.4, -0.2) is 0 Å². The van der Waals surface area contributed by atoms with Crippen molar-refractivity contribution in [3.05, 3.63) is 70.8 Å². The fourth-order valence-corrected chi connectivity index (χ4v) is 5.05. The highest BCUT2D eigenvalue weighted by Crippen LogP contribution is 2.72. The molecule has 0 unspecified atom stereocenters. The Balaban J connectivity index is 2.33. The average Bonchev–Trinajstić information content (AvgIpc) is 2.68. The van der Waals surface area contributed by atoms with Gasteiger partial charge in [0.15, 0.2) is 5.41 Å². The van der Waals surface area contributed by atoms with Crippen LogP contribution in [0, 0.1) is 56.2 Å². The van der Waals surface area contributed by atoms with Crippen molar-refractivity contribution in [2.45, 2.75) is 10.8 Å². The van der Waals surface area contributed by atoms with E-state index in [1.54, 1.807) is 24.3 Å². The number of hydrogen-bond donors (Lipinski definition) is 0. The maximum Gasteiger partial charge on any atom is 0.203 e. The van der Waals surface area contributed by atoms with Gasteiger partial charge in [0, 0.05) is 5.92 Å². The molecule has 2 aromatic carbocycles. The fourth-order valence-electron chi connectivity index (χ4n) is 4.47. The zero-order valence-electron chi connectivity index (χ0n) is 12.9. The summed E-state index contributed by atoms with van der Waals surface area (Å²) in [5, 5.41) is 40.0. The van der Waals surface area contributed by atoms with Crippen LogP contribution in [-0.2, 0) is 4.87 Å². The Morgan fingerprint density at radius 2 is 1.16 bits per heavy atom. The van der Waals surface area contributed by atoms with Gasteiger partial charge in [-0.1, -0.05) is 48.5 Å². The number of nitriles is 4. The third-order valence-corrected chi connectivity index (χ3v) is 6.21. The highest BCUT2D eigenvalue weighted by Gasteiger charge is 2.77. The Morgan fingerprint density at radius 1 is 0.720 bits per heavy atom. The standard InChI is InChI=1S/C20H9ClN4/c21-20-15-7-3-1-5-13(15)17(14-6-2-4-8-16(14)20)18(9-22,10-23)19(20,11-24)12-25/h1-8,17H. The molecular weight excluding hydrogens is 332 g/mol. The molecule has 0 atom stereocenters. The van der Waals surface area contributed by atoms with Gasteiger partial charge in [-0.05, 0) is 22.3 Å². The van der Waals surface area contributed by atoms with Gasteiger partial charge >= 0.3 is 0 Å². The molecule has 2 bridgehead atoms. The van der Waals surface area contributed by atoms with Crippen LogP contribution in [0.4, 0.5) is 0 Å². The second kappa shape index (κ2) is 4.62. The van der Waals surface area contributed by atoms with Crippen molar-refractivity contribution in [2.75, 3.05) is 0 Å². The predicted octanol–water partition coefficient (Wildman–Crippen LogP) is 3.70. The Kier molecular flexibility index (Phi) is 2.81. The summed E-state index contributed by atoms with van der Waals surface area (Å²) in [4.78, 5) is -1.59. The smallest absolute Gasteiger partial charge is 0.196 e. The van der Waals surface area contributed by atoms with Crippen molar-refractivity contribution >= 4 is 11.6 Å². The lowest BCUT2D eigenvalue weighted by Gasteiger charge is -2.57. The molecule has 5 heteroatoms. The van der Waals surface area contributed by atoms with Crippen molar-refractivity contribution in [1.29, 1.82) is 21.0 Å². The lowest BCUT2D eigenvalue weighted by molar-refractivity contribution is 0.171. The van der Waals surface area contributed by atoms with E-state index in [-0.39, 0.29) is 0 Å². The second-order valence-electron chi connectivity index (χ2n) is 6.27. The van der Waals surface area contributed by atoms with E-state index >= 15 is 0 Å². The number of alkyl halides is 1. The molecule has 116 valence electrons. The molecule has 5 rings (SSSR count). The van der Waals surface area contributed by atoms with E-state index in [4.69, 9.17) is 11.6 Å². The Bertz CT molecular complexity index is 1010. The number of rotatable bonds is 0. The molecule has 0 saturated heterocycles. The first kappa shape index (κ1) is 15.2. The molecule has 0 spiro atoms.